The van der Waals surface area contributed by atoms with Crippen LogP contribution in [0.3, 0.4) is 0 Å². The van der Waals surface area contributed by atoms with Gasteiger partial charge in [0.2, 0.25) is 0 Å². The zero-order chi connectivity index (χ0) is 13.1. The van der Waals surface area contributed by atoms with Gasteiger partial charge in [0.05, 0.1) is 0 Å². The fraction of sp³-hybridized carbons (Fsp3) is 0.154. The Bertz CT molecular complexity index is 565. The number of nitrogens with zero attached hydrogens (tertiary/aromatic N) is 1. The highest BCUT2D eigenvalue weighted by molar-refractivity contribution is 6.31. The third kappa shape index (κ3) is 2.65. The molecule has 94 valence electrons. The zero-order valence-electron chi connectivity index (χ0n) is 9.98. The van der Waals surface area contributed by atoms with Gasteiger partial charge < -0.3 is 15.6 Å². The van der Waals surface area contributed by atoms with E-state index in [4.69, 9.17) is 17.3 Å². The van der Waals surface area contributed by atoms with Gasteiger partial charge >= 0.3 is 0 Å². The molecule has 0 aliphatic heterocycles. The first-order valence-electron chi connectivity index (χ1n) is 5.50. The van der Waals surface area contributed by atoms with Crippen LogP contribution in [-0.4, -0.2) is 22.8 Å². The normalized spacial score (nSPS) is 10.3. The summed E-state index contributed by atoms with van der Waals surface area (Å²) in [5.41, 5.74) is 7.50. The van der Waals surface area contributed by atoms with Crippen molar-refractivity contribution in [2.45, 2.75) is 6.54 Å². The van der Waals surface area contributed by atoms with E-state index in [9.17, 15) is 4.79 Å². The number of carbonyl (C=O) groups is 1. The monoisotopic (exact) mass is 263 g/mol. The molecule has 1 aromatic heterocycles. The molecule has 0 unspecified atom stereocenters. The minimum absolute atomic E-state index is 0.119. The topological polar surface area (TPSA) is 62.1 Å². The molecule has 5 heteroatoms. The number of benzene rings is 1. The second-order valence-electron chi connectivity index (χ2n) is 4.10. The van der Waals surface area contributed by atoms with E-state index in [0.29, 0.717) is 22.9 Å². The van der Waals surface area contributed by atoms with Crippen molar-refractivity contribution in [1.82, 2.24) is 9.88 Å². The van der Waals surface area contributed by atoms with Gasteiger partial charge in [-0.25, -0.2) is 0 Å². The maximum Gasteiger partial charge on any atom is 0.270 e. The summed E-state index contributed by atoms with van der Waals surface area (Å²) in [5, 5.41) is 0.656. The molecule has 2 rings (SSSR count). The molecule has 1 amide bonds. The maximum absolute atomic E-state index is 12.1. The number of halogens is 1. The predicted octanol–water partition coefficient (Wildman–Crippen LogP) is 2.52. The van der Waals surface area contributed by atoms with Gasteiger partial charge in [0.25, 0.3) is 5.91 Å². The molecule has 1 aromatic carbocycles. The SMILES string of the molecule is CN(Cc1ccccc1Cl)C(=O)c1cc(N)c[nH]1. The van der Waals surface area contributed by atoms with Gasteiger partial charge in [-0.1, -0.05) is 29.8 Å². The number of carbonyl (C=O) groups excluding carboxylic acids is 1. The van der Waals surface area contributed by atoms with Crippen LogP contribution in [0.25, 0.3) is 0 Å². The number of hydrogen-bond acceptors (Lipinski definition) is 2. The van der Waals surface area contributed by atoms with E-state index in [1.54, 1.807) is 24.2 Å². The average Bonchev–Trinajstić information content (AvgIpc) is 2.78. The summed E-state index contributed by atoms with van der Waals surface area (Å²) in [7, 11) is 1.72. The fourth-order valence-electron chi connectivity index (χ4n) is 1.69. The summed E-state index contributed by atoms with van der Waals surface area (Å²) >= 11 is 6.06. The molecule has 0 saturated heterocycles. The first-order chi connectivity index (χ1) is 8.58. The minimum atomic E-state index is -0.119. The van der Waals surface area contributed by atoms with Crippen LogP contribution < -0.4 is 5.73 Å². The number of aromatic nitrogens is 1. The summed E-state index contributed by atoms with van der Waals surface area (Å²) in [6.07, 6.45) is 1.59. The Morgan fingerprint density at radius 3 is 2.78 bits per heavy atom. The lowest BCUT2D eigenvalue weighted by Crippen LogP contribution is -2.26. The lowest BCUT2D eigenvalue weighted by molar-refractivity contribution is 0.0780. The van der Waals surface area contributed by atoms with Crippen LogP contribution in [0.1, 0.15) is 16.1 Å². The van der Waals surface area contributed by atoms with E-state index in [2.05, 4.69) is 4.98 Å². The molecule has 18 heavy (non-hydrogen) atoms. The van der Waals surface area contributed by atoms with Gasteiger partial charge in [-0.2, -0.15) is 0 Å². The second-order valence-corrected chi connectivity index (χ2v) is 4.51. The molecule has 0 aliphatic carbocycles. The molecule has 0 spiro atoms. The number of amides is 1. The van der Waals surface area contributed by atoms with Crippen molar-refractivity contribution >= 4 is 23.2 Å². The number of anilines is 1. The van der Waals surface area contributed by atoms with E-state index in [0.717, 1.165) is 5.56 Å². The number of rotatable bonds is 3. The van der Waals surface area contributed by atoms with Crippen LogP contribution in [0.4, 0.5) is 5.69 Å². The van der Waals surface area contributed by atoms with Gasteiger partial charge in [-0.3, -0.25) is 4.79 Å². The quantitative estimate of drug-likeness (QED) is 0.894. The summed E-state index contributed by atoms with van der Waals surface area (Å²) in [4.78, 5) is 16.5. The maximum atomic E-state index is 12.1. The number of H-pyrrole nitrogens is 1. The van der Waals surface area contributed by atoms with Crippen LogP contribution in [0.15, 0.2) is 36.5 Å². The first kappa shape index (κ1) is 12.5. The zero-order valence-corrected chi connectivity index (χ0v) is 10.7. The molecular formula is C13H14ClN3O. The van der Waals surface area contributed by atoms with Gasteiger partial charge in [-0.15, -0.1) is 0 Å². The summed E-state index contributed by atoms with van der Waals surface area (Å²) in [5.74, 6) is -0.119. The van der Waals surface area contributed by atoms with Crippen molar-refractivity contribution in [2.24, 2.45) is 0 Å². The molecule has 0 saturated carbocycles. The smallest absolute Gasteiger partial charge is 0.270 e. The summed E-state index contributed by atoms with van der Waals surface area (Å²) in [6, 6.07) is 9.08. The fourth-order valence-corrected chi connectivity index (χ4v) is 1.89. The Balaban J connectivity index is 2.11. The van der Waals surface area contributed by atoms with Gasteiger partial charge in [0, 0.05) is 30.5 Å². The number of hydrogen-bond donors (Lipinski definition) is 2. The van der Waals surface area contributed by atoms with Crippen LogP contribution in [0.5, 0.6) is 0 Å². The first-order valence-corrected chi connectivity index (χ1v) is 5.88. The van der Waals surface area contributed by atoms with Crippen molar-refractivity contribution in [3.05, 3.63) is 52.8 Å². The van der Waals surface area contributed by atoms with Crippen molar-refractivity contribution in [3.63, 3.8) is 0 Å². The molecule has 0 atom stereocenters. The third-order valence-corrected chi connectivity index (χ3v) is 3.02. The van der Waals surface area contributed by atoms with Crippen molar-refractivity contribution < 1.29 is 4.79 Å². The minimum Gasteiger partial charge on any atom is -0.397 e. The molecule has 1 heterocycles. The number of aromatic amines is 1. The molecule has 3 N–H and O–H groups in total. The lowest BCUT2D eigenvalue weighted by atomic mass is 10.2. The number of nitrogens with two attached hydrogens (primary N) is 1. The highest BCUT2D eigenvalue weighted by Crippen LogP contribution is 2.17. The summed E-state index contributed by atoms with van der Waals surface area (Å²) in [6.45, 7) is 0.456. The molecule has 0 radical (unpaired) electrons. The molecular weight excluding hydrogens is 250 g/mol. The van der Waals surface area contributed by atoms with Crippen molar-refractivity contribution in [2.75, 3.05) is 12.8 Å². The number of nitrogen functional groups attached to an aromatic ring is 1. The Hall–Kier alpha value is -1.94. The molecule has 2 aromatic rings. The Kier molecular flexibility index (Phi) is 3.58. The van der Waals surface area contributed by atoms with Crippen LogP contribution in [-0.2, 0) is 6.54 Å². The standard InChI is InChI=1S/C13H14ClN3O/c1-17(8-9-4-2-3-5-11(9)14)13(18)12-6-10(15)7-16-12/h2-7,16H,8,15H2,1H3. The Labute approximate surface area is 110 Å². The van der Waals surface area contributed by atoms with E-state index in [1.165, 1.54) is 0 Å². The van der Waals surface area contributed by atoms with E-state index in [-0.39, 0.29) is 5.91 Å². The number of nitrogens with one attached hydrogen (secondary N) is 1. The van der Waals surface area contributed by atoms with Crippen LogP contribution in [0.2, 0.25) is 5.02 Å². The van der Waals surface area contributed by atoms with Crippen LogP contribution >= 0.6 is 11.6 Å². The molecule has 0 fully saturated rings. The average molecular weight is 264 g/mol. The van der Waals surface area contributed by atoms with Crippen LogP contribution in [0, 0.1) is 0 Å². The van der Waals surface area contributed by atoms with Crippen molar-refractivity contribution in [1.29, 1.82) is 0 Å². The lowest BCUT2D eigenvalue weighted by Gasteiger charge is -2.17. The van der Waals surface area contributed by atoms with E-state index >= 15 is 0 Å². The van der Waals surface area contributed by atoms with E-state index < -0.39 is 0 Å². The highest BCUT2D eigenvalue weighted by Gasteiger charge is 2.14. The molecule has 4 nitrogen and oxygen atoms in total. The van der Waals surface area contributed by atoms with Gasteiger partial charge in [0.1, 0.15) is 5.69 Å². The second kappa shape index (κ2) is 5.14. The third-order valence-electron chi connectivity index (χ3n) is 2.65. The van der Waals surface area contributed by atoms with E-state index in [1.807, 2.05) is 24.3 Å². The predicted molar refractivity (Wildman–Crippen MR) is 72.5 cm³/mol. The van der Waals surface area contributed by atoms with Gasteiger partial charge in [-0.05, 0) is 17.7 Å². The Morgan fingerprint density at radius 1 is 1.44 bits per heavy atom. The largest absolute Gasteiger partial charge is 0.397 e. The molecule has 0 bridgehead atoms. The highest BCUT2D eigenvalue weighted by atomic mass is 35.5. The Morgan fingerprint density at radius 2 is 2.17 bits per heavy atom. The summed E-state index contributed by atoms with van der Waals surface area (Å²) < 4.78 is 0. The molecule has 0 aliphatic rings. The van der Waals surface area contributed by atoms with Crippen molar-refractivity contribution in [3.8, 4) is 0 Å². The van der Waals surface area contributed by atoms with Gasteiger partial charge in [0.15, 0.2) is 0 Å².